The Balaban J connectivity index is 1.34. The zero-order valence-electron chi connectivity index (χ0n) is 18.8. The fraction of sp³-hybridized carbons (Fsp3) is 0.500. The Bertz CT molecular complexity index is 1220. The number of aldehydes is 1. The third-order valence-electron chi connectivity index (χ3n) is 6.47. The molecule has 0 unspecified atom stereocenters. The van der Waals surface area contributed by atoms with Gasteiger partial charge in [0.25, 0.3) is 0 Å². The van der Waals surface area contributed by atoms with E-state index in [0.29, 0.717) is 50.0 Å². The second kappa shape index (κ2) is 8.19. The van der Waals surface area contributed by atoms with Gasteiger partial charge < -0.3 is 19.3 Å². The molecule has 34 heavy (non-hydrogen) atoms. The van der Waals surface area contributed by atoms with Crippen molar-refractivity contribution in [2.75, 3.05) is 49.7 Å². The molecule has 0 N–H and O–H groups in total. The fourth-order valence-electron chi connectivity index (χ4n) is 4.62. The van der Waals surface area contributed by atoms with Crippen LogP contribution in [0.2, 0.25) is 0 Å². The number of pyridine rings is 1. The topological polar surface area (TPSA) is 89.3 Å². The Hall–Kier alpha value is -3.28. The van der Waals surface area contributed by atoms with E-state index in [9.17, 15) is 18.0 Å². The number of anilines is 2. The Morgan fingerprint density at radius 3 is 2.71 bits per heavy atom. The van der Waals surface area contributed by atoms with Gasteiger partial charge in [0.05, 0.1) is 25.1 Å². The van der Waals surface area contributed by atoms with Crippen LogP contribution in [0.3, 0.4) is 0 Å². The van der Waals surface area contributed by atoms with E-state index < -0.39 is 17.3 Å². The fourth-order valence-corrected chi connectivity index (χ4v) is 4.62. The molecule has 5 heterocycles. The predicted octanol–water partition coefficient (Wildman–Crippen LogP) is 2.65. The minimum Gasteiger partial charge on any atom is -0.377 e. The first-order chi connectivity index (χ1) is 16.2. The van der Waals surface area contributed by atoms with E-state index in [0.717, 1.165) is 29.8 Å². The number of rotatable bonds is 7. The van der Waals surface area contributed by atoms with Crippen LogP contribution in [0.25, 0.3) is 11.2 Å². The van der Waals surface area contributed by atoms with Gasteiger partial charge in [-0.15, -0.1) is 0 Å². The van der Waals surface area contributed by atoms with Gasteiger partial charge in [-0.25, -0.2) is 14.6 Å². The minimum atomic E-state index is -4.52. The molecular weight excluding hydrogens is 451 g/mol. The van der Waals surface area contributed by atoms with Crippen molar-refractivity contribution in [1.82, 2.24) is 24.7 Å². The third-order valence-corrected chi connectivity index (χ3v) is 6.47. The molecule has 2 fully saturated rings. The normalized spacial score (nSPS) is 18.0. The molecule has 2 aliphatic rings. The van der Waals surface area contributed by atoms with Gasteiger partial charge in [-0.2, -0.15) is 18.3 Å². The van der Waals surface area contributed by atoms with Crippen LogP contribution in [-0.4, -0.2) is 70.9 Å². The standard InChI is InChI=1S/C22H24F3N7O2/c1-14-19-20(32(29-14)16-9-34-10-16)28-18(8-27-19)31-12-21(13-31,4-6-33)11-30(2)15-3-5-26-17(7-15)22(23,24)25/h3,5-8,16H,4,9-13H2,1-2H3. The van der Waals surface area contributed by atoms with E-state index >= 15 is 0 Å². The van der Waals surface area contributed by atoms with E-state index in [1.807, 2.05) is 16.5 Å². The number of fused-ring (bicyclic) bond motifs is 1. The molecule has 0 radical (unpaired) electrons. The highest BCUT2D eigenvalue weighted by atomic mass is 19.4. The molecule has 0 atom stereocenters. The first kappa shape index (κ1) is 22.5. The van der Waals surface area contributed by atoms with Crippen LogP contribution in [0, 0.1) is 12.3 Å². The highest BCUT2D eigenvalue weighted by Crippen LogP contribution is 2.38. The second-order valence-corrected chi connectivity index (χ2v) is 9.10. The number of carbonyl (C=O) groups excluding carboxylic acids is 1. The zero-order valence-corrected chi connectivity index (χ0v) is 18.8. The summed E-state index contributed by atoms with van der Waals surface area (Å²) in [5, 5.41) is 4.57. The van der Waals surface area contributed by atoms with Crippen molar-refractivity contribution in [3.63, 3.8) is 0 Å². The molecule has 180 valence electrons. The summed E-state index contributed by atoms with van der Waals surface area (Å²) < 4.78 is 46.3. The smallest absolute Gasteiger partial charge is 0.377 e. The Kier molecular flexibility index (Phi) is 5.42. The lowest BCUT2D eigenvalue weighted by molar-refractivity contribution is -0.141. The number of ether oxygens (including phenoxy) is 1. The van der Waals surface area contributed by atoms with Gasteiger partial charge in [-0.1, -0.05) is 0 Å². The molecular formula is C22H24F3N7O2. The van der Waals surface area contributed by atoms with Gasteiger partial charge in [0.1, 0.15) is 29.4 Å². The minimum absolute atomic E-state index is 0.141. The lowest BCUT2D eigenvalue weighted by Gasteiger charge is -2.51. The summed E-state index contributed by atoms with van der Waals surface area (Å²) in [5.74, 6) is 0.682. The zero-order chi connectivity index (χ0) is 24.1. The van der Waals surface area contributed by atoms with Gasteiger partial charge in [0.2, 0.25) is 0 Å². The van der Waals surface area contributed by atoms with E-state index in [2.05, 4.69) is 15.1 Å². The van der Waals surface area contributed by atoms with E-state index in [4.69, 9.17) is 9.72 Å². The summed E-state index contributed by atoms with van der Waals surface area (Å²) >= 11 is 0. The average Bonchev–Trinajstić information content (AvgIpc) is 3.05. The molecule has 0 spiro atoms. The number of hydrogen-bond acceptors (Lipinski definition) is 8. The SMILES string of the molecule is Cc1nn(C2COC2)c2nc(N3CC(CC=O)(CN(C)c4ccnc(C(F)(F)F)c4)C3)cnc12. The summed E-state index contributed by atoms with van der Waals surface area (Å²) in [6, 6.07) is 2.70. The Labute approximate surface area is 193 Å². The second-order valence-electron chi connectivity index (χ2n) is 9.10. The maximum Gasteiger partial charge on any atom is 0.433 e. The average molecular weight is 475 g/mol. The van der Waals surface area contributed by atoms with E-state index in [1.54, 1.807) is 18.1 Å². The van der Waals surface area contributed by atoms with Crippen LogP contribution in [-0.2, 0) is 15.7 Å². The van der Waals surface area contributed by atoms with Crippen molar-refractivity contribution >= 4 is 29.0 Å². The number of aryl methyl sites for hydroxylation is 1. The summed E-state index contributed by atoms with van der Waals surface area (Å²) in [6.07, 6.45) is -0.513. The molecule has 3 aromatic heterocycles. The molecule has 9 nitrogen and oxygen atoms in total. The number of aromatic nitrogens is 5. The third kappa shape index (κ3) is 3.95. The predicted molar refractivity (Wildman–Crippen MR) is 118 cm³/mol. The van der Waals surface area contributed by atoms with Gasteiger partial charge >= 0.3 is 6.18 Å². The van der Waals surface area contributed by atoms with Crippen molar-refractivity contribution < 1.29 is 22.7 Å². The molecule has 0 aromatic carbocycles. The van der Waals surface area contributed by atoms with Crippen LogP contribution in [0.5, 0.6) is 0 Å². The molecule has 0 amide bonds. The van der Waals surface area contributed by atoms with Crippen LogP contribution >= 0.6 is 0 Å². The molecule has 2 aliphatic heterocycles. The first-order valence-corrected chi connectivity index (χ1v) is 10.9. The number of carbonyl (C=O) groups is 1. The molecule has 5 rings (SSSR count). The highest BCUT2D eigenvalue weighted by molar-refractivity contribution is 5.75. The van der Waals surface area contributed by atoms with Crippen molar-refractivity contribution in [2.24, 2.45) is 5.41 Å². The van der Waals surface area contributed by atoms with Crippen molar-refractivity contribution in [1.29, 1.82) is 0 Å². The molecule has 12 heteroatoms. The van der Waals surface area contributed by atoms with Gasteiger partial charge in [-0.3, -0.25) is 4.98 Å². The number of alkyl halides is 3. The molecule has 3 aromatic rings. The highest BCUT2D eigenvalue weighted by Gasteiger charge is 2.44. The lowest BCUT2D eigenvalue weighted by Crippen LogP contribution is -2.61. The van der Waals surface area contributed by atoms with Crippen LogP contribution in [0.15, 0.2) is 24.5 Å². The monoisotopic (exact) mass is 475 g/mol. The Morgan fingerprint density at radius 1 is 1.29 bits per heavy atom. The molecule has 2 saturated heterocycles. The summed E-state index contributed by atoms with van der Waals surface area (Å²) in [4.78, 5) is 28.0. The van der Waals surface area contributed by atoms with Crippen molar-refractivity contribution in [3.05, 3.63) is 35.9 Å². The molecule has 0 saturated carbocycles. The summed E-state index contributed by atoms with van der Waals surface area (Å²) in [7, 11) is 1.72. The van der Waals surface area contributed by atoms with Crippen molar-refractivity contribution in [3.8, 4) is 0 Å². The number of hydrogen-bond donors (Lipinski definition) is 0. The van der Waals surface area contributed by atoms with E-state index in [-0.39, 0.29) is 12.5 Å². The van der Waals surface area contributed by atoms with Crippen LogP contribution in [0.1, 0.15) is 23.9 Å². The lowest BCUT2D eigenvalue weighted by atomic mass is 9.76. The summed E-state index contributed by atoms with van der Waals surface area (Å²) in [5.41, 5.74) is 1.29. The number of halogens is 3. The molecule has 0 bridgehead atoms. The van der Waals surface area contributed by atoms with Crippen LogP contribution in [0.4, 0.5) is 24.7 Å². The number of nitrogens with zero attached hydrogens (tertiary/aromatic N) is 7. The molecule has 0 aliphatic carbocycles. The Morgan fingerprint density at radius 2 is 2.06 bits per heavy atom. The van der Waals surface area contributed by atoms with Gasteiger partial charge in [0.15, 0.2) is 5.65 Å². The quantitative estimate of drug-likeness (QED) is 0.482. The van der Waals surface area contributed by atoms with Crippen LogP contribution < -0.4 is 9.80 Å². The summed E-state index contributed by atoms with van der Waals surface area (Å²) in [6.45, 7) is 4.55. The maximum atomic E-state index is 13.1. The largest absolute Gasteiger partial charge is 0.433 e. The van der Waals surface area contributed by atoms with Crippen molar-refractivity contribution in [2.45, 2.75) is 25.6 Å². The van der Waals surface area contributed by atoms with Gasteiger partial charge in [-0.05, 0) is 19.1 Å². The first-order valence-electron chi connectivity index (χ1n) is 10.9. The maximum absolute atomic E-state index is 13.1. The van der Waals surface area contributed by atoms with E-state index in [1.165, 1.54) is 6.07 Å². The van der Waals surface area contributed by atoms with Gasteiger partial charge in [0, 0.05) is 50.4 Å².